The summed E-state index contributed by atoms with van der Waals surface area (Å²) in [6.45, 7) is 6.95. The lowest BCUT2D eigenvalue weighted by Crippen LogP contribution is -2.29. The van der Waals surface area contributed by atoms with Gasteiger partial charge in [0.25, 0.3) is 0 Å². The second kappa shape index (κ2) is 7.53. The van der Waals surface area contributed by atoms with Crippen LogP contribution < -0.4 is 10.2 Å². The Morgan fingerprint density at radius 2 is 2.14 bits per heavy atom. The number of methoxy groups -OCH3 is 1. The quantitative estimate of drug-likeness (QED) is 0.775. The summed E-state index contributed by atoms with van der Waals surface area (Å²) >= 11 is 0. The van der Waals surface area contributed by atoms with Crippen molar-refractivity contribution >= 4 is 11.9 Å². The van der Waals surface area contributed by atoms with Crippen LogP contribution in [0.3, 0.4) is 0 Å². The van der Waals surface area contributed by atoms with Crippen molar-refractivity contribution in [2.45, 2.75) is 13.8 Å². The molecule has 2 aromatic rings. The van der Waals surface area contributed by atoms with Crippen LogP contribution in [-0.2, 0) is 4.74 Å². The molecule has 0 radical (unpaired) electrons. The molecule has 0 unspecified atom stereocenters. The lowest BCUT2D eigenvalue weighted by atomic mass is 10.5. The van der Waals surface area contributed by atoms with Crippen molar-refractivity contribution < 1.29 is 4.74 Å². The molecule has 0 bridgehead atoms. The van der Waals surface area contributed by atoms with Gasteiger partial charge in [-0.15, -0.1) is 0 Å². The Labute approximate surface area is 124 Å². The van der Waals surface area contributed by atoms with Gasteiger partial charge in [-0.25, -0.2) is 4.98 Å². The van der Waals surface area contributed by atoms with E-state index in [2.05, 4.69) is 32.2 Å². The van der Waals surface area contributed by atoms with E-state index in [1.54, 1.807) is 30.4 Å². The minimum atomic E-state index is 0.546. The second-order valence-electron chi connectivity index (χ2n) is 4.33. The zero-order chi connectivity index (χ0) is 15.1. The summed E-state index contributed by atoms with van der Waals surface area (Å²) in [5.74, 6) is 1.73. The lowest BCUT2D eigenvalue weighted by molar-refractivity contribution is 0.205. The van der Waals surface area contributed by atoms with Crippen molar-refractivity contribution in [2.75, 3.05) is 43.6 Å². The molecule has 0 saturated carbocycles. The molecule has 0 saturated heterocycles. The van der Waals surface area contributed by atoms with E-state index in [0.29, 0.717) is 24.5 Å². The standard InChI is InChI=1S/C13H21N7O/c1-4-15-11-16-12(19(5-2)8-9-21-3)18-13(17-11)20-7-6-14-10-20/h6-7,10H,4-5,8-9H2,1-3H3,(H,15,16,17,18). The maximum absolute atomic E-state index is 5.13. The van der Waals surface area contributed by atoms with Crippen molar-refractivity contribution in [1.82, 2.24) is 24.5 Å². The molecular weight excluding hydrogens is 270 g/mol. The molecule has 0 spiro atoms. The number of ether oxygens (including phenoxy) is 1. The molecule has 0 fully saturated rings. The molecule has 0 aliphatic heterocycles. The van der Waals surface area contributed by atoms with E-state index in [1.165, 1.54) is 0 Å². The van der Waals surface area contributed by atoms with Crippen molar-refractivity contribution in [1.29, 1.82) is 0 Å². The van der Waals surface area contributed by atoms with Gasteiger partial charge in [0, 0.05) is 39.1 Å². The third kappa shape index (κ3) is 3.88. The third-order valence-electron chi connectivity index (χ3n) is 2.91. The fourth-order valence-corrected chi connectivity index (χ4v) is 1.83. The van der Waals surface area contributed by atoms with Gasteiger partial charge < -0.3 is 15.0 Å². The summed E-state index contributed by atoms with van der Waals surface area (Å²) in [7, 11) is 1.68. The van der Waals surface area contributed by atoms with E-state index in [4.69, 9.17) is 4.74 Å². The van der Waals surface area contributed by atoms with Crippen LogP contribution in [0.4, 0.5) is 11.9 Å². The average molecular weight is 291 g/mol. The predicted molar refractivity (Wildman–Crippen MR) is 80.9 cm³/mol. The molecule has 0 atom stereocenters. The molecule has 0 aliphatic rings. The van der Waals surface area contributed by atoms with E-state index in [0.717, 1.165) is 19.6 Å². The summed E-state index contributed by atoms with van der Waals surface area (Å²) in [5, 5.41) is 3.13. The number of rotatable bonds is 8. The van der Waals surface area contributed by atoms with E-state index in [9.17, 15) is 0 Å². The summed E-state index contributed by atoms with van der Waals surface area (Å²) in [6.07, 6.45) is 5.17. The van der Waals surface area contributed by atoms with Crippen LogP contribution >= 0.6 is 0 Å². The fourth-order valence-electron chi connectivity index (χ4n) is 1.83. The molecule has 1 N–H and O–H groups in total. The third-order valence-corrected chi connectivity index (χ3v) is 2.91. The predicted octanol–water partition coefficient (Wildman–Crippen LogP) is 0.962. The Morgan fingerprint density at radius 3 is 2.76 bits per heavy atom. The number of hydrogen-bond acceptors (Lipinski definition) is 7. The molecule has 114 valence electrons. The molecule has 0 amide bonds. The Kier molecular flexibility index (Phi) is 5.44. The largest absolute Gasteiger partial charge is 0.383 e. The second-order valence-corrected chi connectivity index (χ2v) is 4.33. The van der Waals surface area contributed by atoms with Crippen LogP contribution in [-0.4, -0.2) is 57.9 Å². The summed E-state index contributed by atoms with van der Waals surface area (Å²) in [4.78, 5) is 19.4. The van der Waals surface area contributed by atoms with Crippen molar-refractivity contribution in [3.05, 3.63) is 18.7 Å². The van der Waals surface area contributed by atoms with Gasteiger partial charge in [0.1, 0.15) is 6.33 Å². The van der Waals surface area contributed by atoms with Gasteiger partial charge in [-0.1, -0.05) is 0 Å². The van der Waals surface area contributed by atoms with E-state index < -0.39 is 0 Å². The lowest BCUT2D eigenvalue weighted by Gasteiger charge is -2.21. The molecule has 8 heteroatoms. The number of anilines is 2. The molecule has 0 aliphatic carbocycles. The van der Waals surface area contributed by atoms with Gasteiger partial charge in [-0.05, 0) is 13.8 Å². The van der Waals surface area contributed by atoms with E-state index >= 15 is 0 Å². The first-order valence-corrected chi connectivity index (χ1v) is 7.00. The number of nitrogens with one attached hydrogen (secondary N) is 1. The highest BCUT2D eigenvalue weighted by Gasteiger charge is 2.13. The first kappa shape index (κ1) is 15.2. The van der Waals surface area contributed by atoms with Gasteiger partial charge in [-0.2, -0.15) is 15.0 Å². The first-order valence-electron chi connectivity index (χ1n) is 7.00. The summed E-state index contributed by atoms with van der Waals surface area (Å²) in [5.41, 5.74) is 0. The highest BCUT2D eigenvalue weighted by Crippen LogP contribution is 2.13. The fraction of sp³-hybridized carbons (Fsp3) is 0.538. The minimum Gasteiger partial charge on any atom is -0.383 e. The molecule has 2 heterocycles. The molecule has 2 aromatic heterocycles. The SMILES string of the molecule is CCNc1nc(N(CC)CCOC)nc(-n2ccnc2)n1. The van der Waals surface area contributed by atoms with Gasteiger partial charge in [0.05, 0.1) is 6.61 Å². The normalized spacial score (nSPS) is 10.6. The smallest absolute Gasteiger partial charge is 0.241 e. The maximum Gasteiger partial charge on any atom is 0.241 e. The Balaban J connectivity index is 2.34. The van der Waals surface area contributed by atoms with E-state index in [1.807, 2.05) is 11.8 Å². The molecular formula is C13H21N7O. The van der Waals surface area contributed by atoms with Crippen molar-refractivity contribution in [3.63, 3.8) is 0 Å². The first-order chi connectivity index (χ1) is 10.3. The molecule has 2 rings (SSSR count). The zero-order valence-electron chi connectivity index (χ0n) is 12.7. The number of aromatic nitrogens is 5. The zero-order valence-corrected chi connectivity index (χ0v) is 12.7. The number of imidazole rings is 1. The molecule has 0 aromatic carbocycles. The van der Waals surface area contributed by atoms with Gasteiger partial charge in [-0.3, -0.25) is 4.57 Å². The van der Waals surface area contributed by atoms with Crippen LogP contribution in [0.1, 0.15) is 13.8 Å². The highest BCUT2D eigenvalue weighted by molar-refractivity contribution is 5.40. The maximum atomic E-state index is 5.13. The topological polar surface area (TPSA) is 81.0 Å². The van der Waals surface area contributed by atoms with Gasteiger partial charge in [0.2, 0.25) is 17.8 Å². The Hall–Kier alpha value is -2.22. The summed E-state index contributed by atoms with van der Waals surface area (Å²) in [6, 6.07) is 0. The van der Waals surface area contributed by atoms with Gasteiger partial charge in [0.15, 0.2) is 0 Å². The van der Waals surface area contributed by atoms with Gasteiger partial charge >= 0.3 is 0 Å². The Bertz CT molecular complexity index is 543. The van der Waals surface area contributed by atoms with Crippen LogP contribution in [0.15, 0.2) is 18.7 Å². The highest BCUT2D eigenvalue weighted by atomic mass is 16.5. The van der Waals surface area contributed by atoms with Crippen molar-refractivity contribution in [3.8, 4) is 5.95 Å². The van der Waals surface area contributed by atoms with Crippen LogP contribution in [0.2, 0.25) is 0 Å². The summed E-state index contributed by atoms with van der Waals surface area (Å²) < 4.78 is 6.89. The molecule has 21 heavy (non-hydrogen) atoms. The molecule has 8 nitrogen and oxygen atoms in total. The van der Waals surface area contributed by atoms with Crippen LogP contribution in [0.5, 0.6) is 0 Å². The minimum absolute atomic E-state index is 0.546. The van der Waals surface area contributed by atoms with Crippen LogP contribution in [0, 0.1) is 0 Å². The monoisotopic (exact) mass is 291 g/mol. The van der Waals surface area contributed by atoms with Crippen LogP contribution in [0.25, 0.3) is 5.95 Å². The average Bonchev–Trinajstić information content (AvgIpc) is 3.02. The number of nitrogens with zero attached hydrogens (tertiary/aromatic N) is 6. The van der Waals surface area contributed by atoms with Crippen molar-refractivity contribution in [2.24, 2.45) is 0 Å². The van der Waals surface area contributed by atoms with E-state index in [-0.39, 0.29) is 0 Å². The number of hydrogen-bond donors (Lipinski definition) is 1. The number of likely N-dealkylation sites (N-methyl/N-ethyl adjacent to an activating group) is 1. The Morgan fingerprint density at radius 1 is 1.29 bits per heavy atom.